The number of hydrogen-bond donors (Lipinski definition) is 1. The predicted molar refractivity (Wildman–Crippen MR) is 52.2 cm³/mol. The van der Waals surface area contributed by atoms with E-state index in [0.717, 1.165) is 6.20 Å². The van der Waals surface area contributed by atoms with Gasteiger partial charge in [-0.25, -0.2) is 13.6 Å². The lowest BCUT2D eigenvalue weighted by atomic mass is 10.3. The molecule has 0 aromatic carbocycles. The highest BCUT2D eigenvalue weighted by molar-refractivity contribution is 7.89. The van der Waals surface area contributed by atoms with Crippen LogP contribution in [0.25, 0.3) is 10.2 Å². The number of sulfonamides is 1. The summed E-state index contributed by atoms with van der Waals surface area (Å²) in [6.45, 7) is 0. The van der Waals surface area contributed by atoms with Gasteiger partial charge in [-0.1, -0.05) is 11.3 Å². The zero-order chi connectivity index (χ0) is 10.3. The van der Waals surface area contributed by atoms with E-state index in [4.69, 9.17) is 5.14 Å². The standard InChI is InChI=1S/C7H6N2O3S2/c8-14(11,12)6-1-3-9(10)7-5(6)2-4-13-7/h1-4H,(H2,8,11,12). The Hall–Kier alpha value is -1.18. The summed E-state index contributed by atoms with van der Waals surface area (Å²) >= 11 is 1.17. The Bertz CT molecular complexity index is 588. The molecule has 0 saturated carbocycles. The summed E-state index contributed by atoms with van der Waals surface area (Å²) in [5, 5.41) is 18.2. The van der Waals surface area contributed by atoms with Gasteiger partial charge in [0.25, 0.3) is 4.83 Å². The van der Waals surface area contributed by atoms with Gasteiger partial charge in [-0.05, 0) is 11.4 Å². The van der Waals surface area contributed by atoms with E-state index >= 15 is 0 Å². The Morgan fingerprint density at radius 3 is 2.79 bits per heavy atom. The molecule has 7 heteroatoms. The molecule has 2 aromatic heterocycles. The molecular formula is C7H6N2O3S2. The summed E-state index contributed by atoms with van der Waals surface area (Å²) in [5.74, 6) is 0. The number of hydrogen-bond acceptors (Lipinski definition) is 4. The van der Waals surface area contributed by atoms with E-state index < -0.39 is 10.0 Å². The molecule has 0 fully saturated rings. The fourth-order valence-corrected chi connectivity index (χ4v) is 2.79. The van der Waals surface area contributed by atoms with Gasteiger partial charge >= 0.3 is 0 Å². The molecule has 0 radical (unpaired) electrons. The van der Waals surface area contributed by atoms with Crippen LogP contribution in [0.5, 0.6) is 0 Å². The van der Waals surface area contributed by atoms with Crippen molar-refractivity contribution in [2.75, 3.05) is 0 Å². The fourth-order valence-electron chi connectivity index (χ4n) is 1.20. The van der Waals surface area contributed by atoms with Gasteiger partial charge in [-0.15, -0.1) is 0 Å². The lowest BCUT2D eigenvalue weighted by Gasteiger charge is -2.00. The van der Waals surface area contributed by atoms with Gasteiger partial charge in [0.05, 0.1) is 5.39 Å². The summed E-state index contributed by atoms with van der Waals surface area (Å²) in [5.41, 5.74) is 0. The molecule has 0 amide bonds. The van der Waals surface area contributed by atoms with E-state index in [1.807, 2.05) is 0 Å². The molecule has 0 saturated heterocycles. The molecule has 2 aromatic rings. The smallest absolute Gasteiger partial charge is 0.281 e. The molecule has 74 valence electrons. The van der Waals surface area contributed by atoms with Gasteiger partial charge in [0.15, 0.2) is 6.20 Å². The van der Waals surface area contributed by atoms with Crippen molar-refractivity contribution in [3.8, 4) is 0 Å². The molecule has 2 rings (SSSR count). The summed E-state index contributed by atoms with van der Waals surface area (Å²) < 4.78 is 22.9. The highest BCUT2D eigenvalue weighted by atomic mass is 32.2. The van der Waals surface area contributed by atoms with Crippen molar-refractivity contribution in [3.63, 3.8) is 0 Å². The maximum absolute atomic E-state index is 11.2. The van der Waals surface area contributed by atoms with E-state index in [-0.39, 0.29) is 4.90 Å². The number of pyridine rings is 1. The maximum atomic E-state index is 11.2. The normalized spacial score (nSPS) is 12.1. The van der Waals surface area contributed by atoms with E-state index in [1.165, 1.54) is 17.4 Å². The third-order valence-corrected chi connectivity index (χ3v) is 3.64. The van der Waals surface area contributed by atoms with Crippen molar-refractivity contribution in [2.24, 2.45) is 5.14 Å². The summed E-state index contributed by atoms with van der Waals surface area (Å²) in [4.78, 5) is 0.331. The molecule has 14 heavy (non-hydrogen) atoms. The number of thiophene rings is 1. The average Bonchev–Trinajstić information content (AvgIpc) is 2.50. The minimum Gasteiger partial charge on any atom is -0.618 e. The molecule has 0 aliphatic heterocycles. The Labute approximate surface area is 84.0 Å². The Balaban J connectivity index is 2.93. The lowest BCUT2D eigenvalue weighted by Crippen LogP contribution is -2.26. The van der Waals surface area contributed by atoms with Crippen molar-refractivity contribution >= 4 is 31.6 Å². The quantitative estimate of drug-likeness (QED) is 0.560. The van der Waals surface area contributed by atoms with Crippen LogP contribution in [-0.4, -0.2) is 8.42 Å². The molecule has 2 N–H and O–H groups in total. The first-order valence-corrected chi connectivity index (χ1v) is 6.05. The van der Waals surface area contributed by atoms with Crippen LogP contribution in [0.4, 0.5) is 0 Å². The van der Waals surface area contributed by atoms with Gasteiger partial charge in [0.1, 0.15) is 4.90 Å². The molecular weight excluding hydrogens is 224 g/mol. The molecule has 0 atom stereocenters. The van der Waals surface area contributed by atoms with Crippen molar-refractivity contribution in [1.82, 2.24) is 0 Å². The number of nitrogens with zero attached hydrogens (tertiary/aromatic N) is 1. The molecule has 0 bridgehead atoms. The van der Waals surface area contributed by atoms with E-state index in [9.17, 15) is 13.6 Å². The highest BCUT2D eigenvalue weighted by Gasteiger charge is 2.17. The topological polar surface area (TPSA) is 87.1 Å². The number of aromatic nitrogens is 1. The maximum Gasteiger partial charge on any atom is 0.281 e. The van der Waals surface area contributed by atoms with Crippen LogP contribution in [-0.2, 0) is 10.0 Å². The zero-order valence-corrected chi connectivity index (χ0v) is 8.51. The minimum atomic E-state index is -3.76. The zero-order valence-electron chi connectivity index (χ0n) is 6.88. The van der Waals surface area contributed by atoms with Gasteiger partial charge < -0.3 is 5.21 Å². The summed E-state index contributed by atoms with van der Waals surface area (Å²) in [6.07, 6.45) is 1.14. The van der Waals surface area contributed by atoms with Crippen LogP contribution < -0.4 is 9.87 Å². The number of primary sulfonamides is 1. The van der Waals surface area contributed by atoms with Crippen molar-refractivity contribution < 1.29 is 13.1 Å². The molecule has 0 aliphatic carbocycles. The molecule has 0 unspecified atom stereocenters. The van der Waals surface area contributed by atoms with Gasteiger partial charge in [-0.3, -0.25) is 0 Å². The first-order chi connectivity index (χ1) is 6.50. The predicted octanol–water partition coefficient (Wildman–Crippen LogP) is 0.182. The second-order valence-corrected chi connectivity index (χ2v) is 5.11. The van der Waals surface area contributed by atoms with Gasteiger partial charge in [0.2, 0.25) is 10.0 Å². The van der Waals surface area contributed by atoms with Gasteiger partial charge in [-0.2, -0.15) is 4.73 Å². The largest absolute Gasteiger partial charge is 0.618 e. The molecule has 2 heterocycles. The number of nitrogens with two attached hydrogens (primary N) is 1. The van der Waals surface area contributed by atoms with E-state index in [1.54, 1.807) is 11.4 Å². The van der Waals surface area contributed by atoms with Crippen LogP contribution in [0.1, 0.15) is 0 Å². The Morgan fingerprint density at radius 2 is 2.14 bits per heavy atom. The van der Waals surface area contributed by atoms with Crippen molar-refractivity contribution in [3.05, 3.63) is 28.9 Å². The van der Waals surface area contributed by atoms with Crippen molar-refractivity contribution in [1.29, 1.82) is 0 Å². The van der Waals surface area contributed by atoms with Gasteiger partial charge in [0, 0.05) is 6.07 Å². The first-order valence-electron chi connectivity index (χ1n) is 3.62. The Kier molecular flexibility index (Phi) is 1.95. The number of rotatable bonds is 1. The summed E-state index contributed by atoms with van der Waals surface area (Å²) in [6, 6.07) is 2.77. The SMILES string of the molecule is NS(=O)(=O)c1cc[n+]([O-])c2sccc12. The monoisotopic (exact) mass is 230 g/mol. The number of fused-ring (bicyclic) bond motifs is 1. The second kappa shape index (κ2) is 2.91. The lowest BCUT2D eigenvalue weighted by molar-refractivity contribution is -0.574. The average molecular weight is 230 g/mol. The Morgan fingerprint density at radius 1 is 1.43 bits per heavy atom. The van der Waals surface area contributed by atoms with Crippen LogP contribution >= 0.6 is 11.3 Å². The molecule has 0 spiro atoms. The molecule has 0 aliphatic rings. The van der Waals surface area contributed by atoms with Crippen LogP contribution in [0.2, 0.25) is 0 Å². The van der Waals surface area contributed by atoms with Crippen molar-refractivity contribution in [2.45, 2.75) is 4.90 Å². The molecule has 5 nitrogen and oxygen atoms in total. The van der Waals surface area contributed by atoms with E-state index in [0.29, 0.717) is 14.9 Å². The minimum absolute atomic E-state index is 0.0131. The van der Waals surface area contributed by atoms with Crippen LogP contribution in [0, 0.1) is 5.21 Å². The first kappa shape index (κ1) is 9.38. The summed E-state index contributed by atoms with van der Waals surface area (Å²) in [7, 11) is -3.76. The second-order valence-electron chi connectivity index (χ2n) is 2.69. The third kappa shape index (κ3) is 1.35. The fraction of sp³-hybridized carbons (Fsp3) is 0. The van der Waals surface area contributed by atoms with E-state index in [2.05, 4.69) is 0 Å². The van der Waals surface area contributed by atoms with Crippen LogP contribution in [0.3, 0.4) is 0 Å². The highest BCUT2D eigenvalue weighted by Crippen LogP contribution is 2.23. The third-order valence-electron chi connectivity index (χ3n) is 1.78. The van der Waals surface area contributed by atoms with Crippen LogP contribution in [0.15, 0.2) is 28.6 Å².